The first-order valence-corrected chi connectivity index (χ1v) is 11.2. The van der Waals surface area contributed by atoms with Crippen LogP contribution in [0.2, 0.25) is 0 Å². The SMILES string of the molecule is Cc1nn(CC(C)C)c(C)c1CCC(=O)N1CCC(C(=O)NC(C)C(C)C)CC1. The molecule has 0 aliphatic carbocycles. The number of piperidine rings is 1. The molecule has 1 fully saturated rings. The van der Waals surface area contributed by atoms with Gasteiger partial charge in [0.05, 0.1) is 5.69 Å². The van der Waals surface area contributed by atoms with Crippen molar-refractivity contribution in [2.45, 2.75) is 86.7 Å². The van der Waals surface area contributed by atoms with E-state index in [0.717, 1.165) is 31.5 Å². The van der Waals surface area contributed by atoms with Crippen molar-refractivity contribution < 1.29 is 9.59 Å². The Labute approximate surface area is 176 Å². The molecule has 1 aromatic heterocycles. The summed E-state index contributed by atoms with van der Waals surface area (Å²) in [5, 5.41) is 7.77. The summed E-state index contributed by atoms with van der Waals surface area (Å²) in [6.07, 6.45) is 2.76. The fraction of sp³-hybridized carbons (Fsp3) is 0.783. The third-order valence-corrected chi connectivity index (χ3v) is 6.25. The van der Waals surface area contributed by atoms with Crippen molar-refractivity contribution in [2.24, 2.45) is 17.8 Å². The van der Waals surface area contributed by atoms with Gasteiger partial charge in [-0.2, -0.15) is 5.10 Å². The number of hydrogen-bond donors (Lipinski definition) is 1. The Morgan fingerprint density at radius 1 is 1.10 bits per heavy atom. The molecule has 6 heteroatoms. The first kappa shape index (κ1) is 23.4. The number of nitrogens with zero attached hydrogens (tertiary/aromatic N) is 3. The normalized spacial score (nSPS) is 16.5. The smallest absolute Gasteiger partial charge is 0.223 e. The summed E-state index contributed by atoms with van der Waals surface area (Å²) in [5.41, 5.74) is 3.42. The molecule has 0 saturated carbocycles. The highest BCUT2D eigenvalue weighted by atomic mass is 16.2. The second-order valence-corrected chi connectivity index (χ2v) is 9.42. The molecule has 2 rings (SSSR count). The number of likely N-dealkylation sites (tertiary alicyclic amines) is 1. The summed E-state index contributed by atoms with van der Waals surface area (Å²) in [4.78, 5) is 27.1. The van der Waals surface area contributed by atoms with Gasteiger partial charge in [-0.15, -0.1) is 0 Å². The van der Waals surface area contributed by atoms with Gasteiger partial charge in [-0.05, 0) is 57.4 Å². The number of hydrogen-bond acceptors (Lipinski definition) is 3. The van der Waals surface area contributed by atoms with Crippen LogP contribution in [0.5, 0.6) is 0 Å². The largest absolute Gasteiger partial charge is 0.353 e. The van der Waals surface area contributed by atoms with Gasteiger partial charge < -0.3 is 10.2 Å². The Hall–Kier alpha value is -1.85. The molecule has 1 atom stereocenters. The molecule has 2 amide bonds. The fourth-order valence-corrected chi connectivity index (χ4v) is 3.91. The number of carbonyl (C=O) groups excluding carboxylic acids is 2. The van der Waals surface area contributed by atoms with Gasteiger partial charge in [-0.1, -0.05) is 27.7 Å². The van der Waals surface area contributed by atoms with Crippen molar-refractivity contribution in [3.05, 3.63) is 17.0 Å². The van der Waals surface area contributed by atoms with Gasteiger partial charge in [0.15, 0.2) is 0 Å². The molecule has 1 saturated heterocycles. The van der Waals surface area contributed by atoms with Crippen LogP contribution < -0.4 is 5.32 Å². The first-order valence-electron chi connectivity index (χ1n) is 11.2. The van der Waals surface area contributed by atoms with Crippen LogP contribution in [0.1, 0.15) is 70.8 Å². The third kappa shape index (κ3) is 6.31. The van der Waals surface area contributed by atoms with Crippen molar-refractivity contribution in [3.63, 3.8) is 0 Å². The van der Waals surface area contributed by atoms with E-state index >= 15 is 0 Å². The molecule has 1 N–H and O–H groups in total. The molecule has 0 aromatic carbocycles. The van der Waals surface area contributed by atoms with Crippen LogP contribution in [-0.4, -0.2) is 45.6 Å². The maximum absolute atomic E-state index is 12.7. The van der Waals surface area contributed by atoms with Gasteiger partial charge in [-0.25, -0.2) is 0 Å². The highest BCUT2D eigenvalue weighted by Gasteiger charge is 2.28. The van der Waals surface area contributed by atoms with Crippen molar-refractivity contribution in [2.75, 3.05) is 13.1 Å². The zero-order chi connectivity index (χ0) is 21.7. The predicted molar refractivity (Wildman–Crippen MR) is 117 cm³/mol. The summed E-state index contributed by atoms with van der Waals surface area (Å²) in [6.45, 7) is 17.1. The van der Waals surface area contributed by atoms with Crippen LogP contribution in [-0.2, 0) is 22.6 Å². The van der Waals surface area contributed by atoms with E-state index in [-0.39, 0.29) is 23.8 Å². The molecule has 2 heterocycles. The third-order valence-electron chi connectivity index (χ3n) is 6.25. The number of aryl methyl sites for hydroxylation is 1. The summed E-state index contributed by atoms with van der Waals surface area (Å²) >= 11 is 0. The van der Waals surface area contributed by atoms with Crippen molar-refractivity contribution in [3.8, 4) is 0 Å². The van der Waals surface area contributed by atoms with E-state index < -0.39 is 0 Å². The number of carbonyl (C=O) groups is 2. The van der Waals surface area contributed by atoms with Gasteiger partial charge in [0.2, 0.25) is 11.8 Å². The molecule has 1 aromatic rings. The highest BCUT2D eigenvalue weighted by molar-refractivity contribution is 5.80. The van der Waals surface area contributed by atoms with Crippen LogP contribution in [0.25, 0.3) is 0 Å². The maximum Gasteiger partial charge on any atom is 0.223 e. The standard InChI is InChI=1S/C23H40N4O2/c1-15(2)14-27-19(7)21(18(6)25-27)8-9-22(28)26-12-10-20(11-13-26)23(29)24-17(5)16(3)4/h15-17,20H,8-14H2,1-7H3,(H,24,29). The number of aromatic nitrogens is 2. The van der Waals surface area contributed by atoms with Crippen LogP contribution >= 0.6 is 0 Å². The lowest BCUT2D eigenvalue weighted by Gasteiger charge is -2.32. The van der Waals surface area contributed by atoms with Gasteiger partial charge in [0, 0.05) is 43.7 Å². The molecule has 29 heavy (non-hydrogen) atoms. The average molecular weight is 405 g/mol. The minimum Gasteiger partial charge on any atom is -0.353 e. The monoisotopic (exact) mass is 404 g/mol. The summed E-state index contributed by atoms with van der Waals surface area (Å²) < 4.78 is 2.07. The average Bonchev–Trinajstić information content (AvgIpc) is 2.92. The summed E-state index contributed by atoms with van der Waals surface area (Å²) in [6, 6.07) is 0.185. The van der Waals surface area contributed by atoms with E-state index in [9.17, 15) is 9.59 Å². The Morgan fingerprint density at radius 3 is 2.28 bits per heavy atom. The Kier molecular flexibility index (Phi) is 8.29. The van der Waals surface area contributed by atoms with E-state index in [0.29, 0.717) is 31.3 Å². The molecule has 1 unspecified atom stereocenters. The maximum atomic E-state index is 12.7. The quantitative estimate of drug-likeness (QED) is 0.721. The number of amides is 2. The topological polar surface area (TPSA) is 67.2 Å². The number of nitrogens with one attached hydrogen (secondary N) is 1. The molecular formula is C23H40N4O2. The van der Waals surface area contributed by atoms with Gasteiger partial charge in [0.25, 0.3) is 0 Å². The van der Waals surface area contributed by atoms with Crippen LogP contribution in [0, 0.1) is 31.6 Å². The number of rotatable bonds is 8. The molecular weight excluding hydrogens is 364 g/mol. The molecule has 1 aliphatic heterocycles. The van der Waals surface area contributed by atoms with Crippen LogP contribution in [0.4, 0.5) is 0 Å². The van der Waals surface area contributed by atoms with Crippen molar-refractivity contribution in [1.29, 1.82) is 0 Å². The van der Waals surface area contributed by atoms with E-state index in [1.54, 1.807) is 0 Å². The van der Waals surface area contributed by atoms with E-state index in [4.69, 9.17) is 0 Å². The minimum absolute atomic E-state index is 0.0269. The second kappa shape index (κ2) is 10.3. The predicted octanol–water partition coefficient (Wildman–Crippen LogP) is 3.49. The molecule has 1 aliphatic rings. The molecule has 0 spiro atoms. The van der Waals surface area contributed by atoms with Crippen LogP contribution in [0.15, 0.2) is 0 Å². The van der Waals surface area contributed by atoms with Gasteiger partial charge in [0.1, 0.15) is 0 Å². The van der Waals surface area contributed by atoms with E-state index in [1.807, 2.05) is 11.8 Å². The zero-order valence-electron chi connectivity index (χ0n) is 19.4. The minimum atomic E-state index is 0.0269. The fourth-order valence-electron chi connectivity index (χ4n) is 3.91. The summed E-state index contributed by atoms with van der Waals surface area (Å²) in [5.74, 6) is 1.33. The highest BCUT2D eigenvalue weighted by Crippen LogP contribution is 2.21. The Balaban J connectivity index is 1.83. The second-order valence-electron chi connectivity index (χ2n) is 9.42. The molecule has 0 bridgehead atoms. The lowest BCUT2D eigenvalue weighted by Crippen LogP contribution is -2.45. The van der Waals surface area contributed by atoms with Crippen molar-refractivity contribution in [1.82, 2.24) is 20.0 Å². The lowest BCUT2D eigenvalue weighted by molar-refractivity contribution is -0.135. The Bertz CT molecular complexity index is 700. The van der Waals surface area contributed by atoms with Gasteiger partial charge >= 0.3 is 0 Å². The van der Waals surface area contributed by atoms with Gasteiger partial charge in [-0.3, -0.25) is 14.3 Å². The molecule has 164 valence electrons. The summed E-state index contributed by atoms with van der Waals surface area (Å²) in [7, 11) is 0. The zero-order valence-corrected chi connectivity index (χ0v) is 19.4. The first-order chi connectivity index (χ1) is 13.6. The lowest BCUT2D eigenvalue weighted by atomic mass is 9.94. The molecule has 0 radical (unpaired) electrons. The van der Waals surface area contributed by atoms with E-state index in [1.165, 1.54) is 11.3 Å². The van der Waals surface area contributed by atoms with Crippen molar-refractivity contribution >= 4 is 11.8 Å². The van der Waals surface area contributed by atoms with Crippen LogP contribution in [0.3, 0.4) is 0 Å². The molecule has 6 nitrogen and oxygen atoms in total. The van der Waals surface area contributed by atoms with E-state index in [2.05, 4.69) is 56.6 Å². The Morgan fingerprint density at radius 2 is 1.72 bits per heavy atom.